The van der Waals surface area contributed by atoms with Crippen LogP contribution in [0.2, 0.25) is 0 Å². The summed E-state index contributed by atoms with van der Waals surface area (Å²) in [6, 6.07) is 17.8. The fraction of sp³-hybridized carbons (Fsp3) is 0.263. The zero-order chi connectivity index (χ0) is 15.1. The second-order valence-electron chi connectivity index (χ2n) is 6.10. The molecule has 0 saturated carbocycles. The first kappa shape index (κ1) is 14.1. The monoisotopic (exact) mass is 280 g/mol. The highest BCUT2D eigenvalue weighted by atomic mass is 16.6. The lowest BCUT2D eigenvalue weighted by molar-refractivity contribution is -0.203. The number of hydrogen-bond donors (Lipinski definition) is 1. The Hall–Kier alpha value is -1.90. The van der Waals surface area contributed by atoms with Gasteiger partial charge in [0.25, 0.3) is 0 Å². The quantitative estimate of drug-likeness (QED) is 0.900. The van der Waals surface area contributed by atoms with E-state index in [1.165, 1.54) is 0 Å². The second kappa shape index (κ2) is 4.83. The van der Waals surface area contributed by atoms with Gasteiger partial charge in [-0.05, 0) is 38.0 Å². The Morgan fingerprint density at radius 2 is 1.52 bits per heavy atom. The molecule has 0 aliphatic carbocycles. The smallest absolute Gasteiger partial charge is 0.214 e. The summed E-state index contributed by atoms with van der Waals surface area (Å²) in [4.78, 5) is 0. The molecule has 2 aromatic rings. The lowest BCUT2D eigenvalue weighted by atomic mass is 9.91. The first-order chi connectivity index (χ1) is 9.91. The summed E-state index contributed by atoms with van der Waals surface area (Å²) >= 11 is 0. The molecule has 0 fully saturated rings. The van der Waals surface area contributed by atoms with Gasteiger partial charge in [-0.25, -0.2) is 0 Å². The van der Waals surface area contributed by atoms with Crippen LogP contribution in [0.3, 0.4) is 0 Å². The number of hydrogen-bond acceptors (Lipinski definition) is 2. The van der Waals surface area contributed by atoms with Gasteiger partial charge in [-0.15, -0.1) is 0 Å². The topological polar surface area (TPSA) is 29.5 Å². The maximum atomic E-state index is 10.9. The van der Waals surface area contributed by atoms with Crippen molar-refractivity contribution in [1.29, 1.82) is 0 Å². The minimum absolute atomic E-state index is 0.541. The minimum atomic E-state index is -1.37. The Labute approximate surface area is 125 Å². The Bertz CT molecular complexity index is 668. The molecule has 0 unspecified atom stereocenters. The maximum Gasteiger partial charge on any atom is 0.214 e. The molecular weight excluding hydrogens is 260 g/mol. The fourth-order valence-electron chi connectivity index (χ4n) is 2.83. The molecule has 1 aliphatic heterocycles. The average Bonchev–Trinajstić information content (AvgIpc) is 2.71. The zero-order valence-electron chi connectivity index (χ0n) is 12.6. The van der Waals surface area contributed by atoms with Gasteiger partial charge in [0.1, 0.15) is 0 Å². The number of rotatable bonds is 2. The molecule has 0 radical (unpaired) electrons. The predicted molar refractivity (Wildman–Crippen MR) is 84.7 cm³/mol. The third-order valence-electron chi connectivity index (χ3n) is 3.95. The van der Waals surface area contributed by atoms with Gasteiger partial charge in [0.15, 0.2) is 0 Å². The highest BCUT2D eigenvalue weighted by Gasteiger charge is 2.44. The second-order valence-corrected chi connectivity index (χ2v) is 6.10. The van der Waals surface area contributed by atoms with Crippen molar-refractivity contribution in [2.75, 3.05) is 0 Å². The first-order valence-electron chi connectivity index (χ1n) is 7.19. The summed E-state index contributed by atoms with van der Waals surface area (Å²) < 4.78 is 5.99. The molecule has 1 aliphatic rings. The van der Waals surface area contributed by atoms with Crippen molar-refractivity contribution in [3.63, 3.8) is 0 Å². The van der Waals surface area contributed by atoms with Crippen molar-refractivity contribution in [1.82, 2.24) is 0 Å². The van der Waals surface area contributed by atoms with Gasteiger partial charge in [0, 0.05) is 5.56 Å². The van der Waals surface area contributed by atoms with Crippen LogP contribution in [0.5, 0.6) is 0 Å². The summed E-state index contributed by atoms with van der Waals surface area (Å²) in [7, 11) is 0. The summed E-state index contributed by atoms with van der Waals surface area (Å²) in [5, 5.41) is 10.9. The number of aliphatic hydroxyl groups is 1. The van der Waals surface area contributed by atoms with Crippen molar-refractivity contribution in [2.45, 2.75) is 32.2 Å². The molecular formula is C19H20O2. The molecule has 2 heteroatoms. The van der Waals surface area contributed by atoms with Crippen molar-refractivity contribution in [3.05, 3.63) is 77.4 Å². The third-order valence-corrected chi connectivity index (χ3v) is 3.95. The van der Waals surface area contributed by atoms with E-state index in [1.807, 2.05) is 81.4 Å². The van der Waals surface area contributed by atoms with Crippen LogP contribution in [0.25, 0.3) is 5.57 Å². The van der Waals surface area contributed by atoms with Gasteiger partial charge in [-0.3, -0.25) is 0 Å². The van der Waals surface area contributed by atoms with E-state index in [1.54, 1.807) is 0 Å². The molecule has 2 nitrogen and oxygen atoms in total. The van der Waals surface area contributed by atoms with Crippen LogP contribution < -0.4 is 0 Å². The van der Waals surface area contributed by atoms with Gasteiger partial charge >= 0.3 is 0 Å². The van der Waals surface area contributed by atoms with Crippen LogP contribution in [-0.4, -0.2) is 10.7 Å². The molecule has 0 aromatic heterocycles. The van der Waals surface area contributed by atoms with E-state index in [0.717, 1.165) is 22.3 Å². The molecule has 0 bridgehead atoms. The van der Waals surface area contributed by atoms with E-state index in [9.17, 15) is 5.11 Å². The molecule has 1 N–H and O–H groups in total. The Morgan fingerprint density at radius 1 is 0.905 bits per heavy atom. The molecule has 2 aromatic carbocycles. The largest absolute Gasteiger partial charge is 0.359 e. The molecule has 108 valence electrons. The van der Waals surface area contributed by atoms with E-state index in [-0.39, 0.29) is 0 Å². The van der Waals surface area contributed by atoms with Gasteiger partial charge in [0.2, 0.25) is 5.79 Å². The van der Waals surface area contributed by atoms with Crippen LogP contribution in [0, 0.1) is 6.92 Å². The van der Waals surface area contributed by atoms with Crippen molar-refractivity contribution >= 4 is 5.57 Å². The summed E-state index contributed by atoms with van der Waals surface area (Å²) in [6.07, 6.45) is 1.83. The predicted octanol–water partition coefficient (Wildman–Crippen LogP) is 4.03. The average molecular weight is 280 g/mol. The van der Waals surface area contributed by atoms with Gasteiger partial charge in [-0.2, -0.15) is 0 Å². The van der Waals surface area contributed by atoms with Crippen molar-refractivity contribution < 1.29 is 9.84 Å². The summed E-state index contributed by atoms with van der Waals surface area (Å²) in [5.41, 5.74) is 3.46. The van der Waals surface area contributed by atoms with E-state index in [2.05, 4.69) is 0 Å². The number of benzene rings is 2. The highest BCUT2D eigenvalue weighted by molar-refractivity contribution is 5.74. The molecule has 0 spiro atoms. The first-order valence-corrected chi connectivity index (χ1v) is 7.19. The molecule has 21 heavy (non-hydrogen) atoms. The standard InChI is InChI=1S/C19H20O2/c1-14-9-11-16(12-10-14)19(20)13-17(18(2,3)21-19)15-7-5-4-6-8-15/h4-13,20H,1-3H3/t19-/m0/s1. The third kappa shape index (κ3) is 2.53. The minimum Gasteiger partial charge on any atom is -0.359 e. The van der Waals surface area contributed by atoms with Crippen molar-refractivity contribution in [2.24, 2.45) is 0 Å². The Morgan fingerprint density at radius 3 is 2.14 bits per heavy atom. The van der Waals surface area contributed by atoms with E-state index < -0.39 is 11.4 Å². The molecule has 3 rings (SSSR count). The SMILES string of the molecule is Cc1ccc([C@]2(O)C=C(c3ccccc3)C(C)(C)O2)cc1. The molecule has 1 atom stereocenters. The van der Waals surface area contributed by atoms with Crippen LogP contribution in [0.4, 0.5) is 0 Å². The van der Waals surface area contributed by atoms with E-state index in [4.69, 9.17) is 4.74 Å². The van der Waals surface area contributed by atoms with Crippen LogP contribution in [0.15, 0.2) is 60.7 Å². The lowest BCUT2D eigenvalue weighted by Gasteiger charge is -2.28. The number of aryl methyl sites for hydroxylation is 1. The van der Waals surface area contributed by atoms with Crippen LogP contribution in [0.1, 0.15) is 30.5 Å². The normalized spacial score (nSPS) is 23.9. The lowest BCUT2D eigenvalue weighted by Crippen LogP contribution is -2.31. The zero-order valence-corrected chi connectivity index (χ0v) is 12.6. The summed E-state index contributed by atoms with van der Waals surface area (Å²) in [6.45, 7) is 5.99. The van der Waals surface area contributed by atoms with Gasteiger partial charge in [-0.1, -0.05) is 60.2 Å². The van der Waals surface area contributed by atoms with Crippen LogP contribution >= 0.6 is 0 Å². The Balaban J connectivity index is 2.06. The van der Waals surface area contributed by atoms with Gasteiger partial charge in [0.05, 0.1) is 5.60 Å². The molecule has 0 saturated heterocycles. The fourth-order valence-corrected chi connectivity index (χ4v) is 2.83. The summed E-state index contributed by atoms with van der Waals surface area (Å²) in [5.74, 6) is -1.37. The maximum absolute atomic E-state index is 10.9. The molecule has 1 heterocycles. The van der Waals surface area contributed by atoms with Crippen LogP contribution in [-0.2, 0) is 10.5 Å². The number of ether oxygens (including phenoxy) is 1. The van der Waals surface area contributed by atoms with E-state index in [0.29, 0.717) is 0 Å². The van der Waals surface area contributed by atoms with E-state index >= 15 is 0 Å². The Kier molecular flexibility index (Phi) is 3.23. The van der Waals surface area contributed by atoms with Crippen molar-refractivity contribution in [3.8, 4) is 0 Å². The highest BCUT2D eigenvalue weighted by Crippen LogP contribution is 2.45. The van der Waals surface area contributed by atoms with Gasteiger partial charge < -0.3 is 9.84 Å². The molecule has 0 amide bonds.